The van der Waals surface area contributed by atoms with Gasteiger partial charge >= 0.3 is 0 Å². The molecule has 3 heteroatoms. The summed E-state index contributed by atoms with van der Waals surface area (Å²) in [4.78, 5) is 16.5. The van der Waals surface area contributed by atoms with E-state index < -0.39 is 0 Å². The molecular weight excluding hydrogens is 274 g/mol. The van der Waals surface area contributed by atoms with Crippen LogP contribution in [0.25, 0.3) is 10.8 Å². The number of carbonyl (C=O) groups excluding carboxylic acids is 1. The smallest absolute Gasteiger partial charge is 0.168 e. The summed E-state index contributed by atoms with van der Waals surface area (Å²) in [5.74, 6) is 0.101. The van der Waals surface area contributed by atoms with Gasteiger partial charge in [0, 0.05) is 19.1 Å². The Kier molecular flexibility index (Phi) is 3.57. The predicted molar refractivity (Wildman–Crippen MR) is 89.8 cm³/mol. The number of Topliss-reactive ketones (excluding diaryl/α,β-unsaturated/α-hetero) is 1. The van der Waals surface area contributed by atoms with Gasteiger partial charge in [-0.2, -0.15) is 0 Å². The highest BCUT2D eigenvalue weighted by molar-refractivity contribution is 6.15. The summed E-state index contributed by atoms with van der Waals surface area (Å²) in [6, 6.07) is 13.9. The van der Waals surface area contributed by atoms with Crippen molar-refractivity contribution in [3.63, 3.8) is 0 Å². The van der Waals surface area contributed by atoms with Gasteiger partial charge in [-0.25, -0.2) is 0 Å². The fourth-order valence-electron chi connectivity index (χ4n) is 2.84. The third-order valence-electron chi connectivity index (χ3n) is 3.97. The molecule has 0 fully saturated rings. The number of hydrogen-bond donors (Lipinski definition) is 1. The fourth-order valence-corrected chi connectivity index (χ4v) is 2.84. The summed E-state index contributed by atoms with van der Waals surface area (Å²) in [6.07, 6.45) is 2.45. The molecule has 0 radical (unpaired) electrons. The number of nitrogens with zero attached hydrogens (tertiary/aromatic N) is 1. The van der Waals surface area contributed by atoms with E-state index in [2.05, 4.69) is 4.99 Å². The summed E-state index contributed by atoms with van der Waals surface area (Å²) < 4.78 is 0. The van der Waals surface area contributed by atoms with E-state index in [-0.39, 0.29) is 17.0 Å². The minimum absolute atomic E-state index is 0.0433. The van der Waals surface area contributed by atoms with E-state index in [0.29, 0.717) is 18.4 Å². The minimum Gasteiger partial charge on any atom is -0.511 e. The van der Waals surface area contributed by atoms with Gasteiger partial charge in [0.1, 0.15) is 5.76 Å². The topological polar surface area (TPSA) is 49.7 Å². The van der Waals surface area contributed by atoms with Crippen LogP contribution in [0.2, 0.25) is 0 Å². The fraction of sp³-hybridized carbons (Fsp3) is 0.263. The Morgan fingerprint density at radius 2 is 1.82 bits per heavy atom. The summed E-state index contributed by atoms with van der Waals surface area (Å²) in [7, 11) is 0. The maximum Gasteiger partial charge on any atom is 0.168 e. The van der Waals surface area contributed by atoms with Gasteiger partial charge in [-0.05, 0) is 28.3 Å². The second-order valence-electron chi connectivity index (χ2n) is 6.59. The molecule has 0 heterocycles. The first-order chi connectivity index (χ1) is 10.4. The Bertz CT molecular complexity index is 800. The summed E-state index contributed by atoms with van der Waals surface area (Å²) >= 11 is 0. The first kappa shape index (κ1) is 14.5. The van der Waals surface area contributed by atoms with Crippen LogP contribution in [0.4, 0.5) is 5.69 Å². The van der Waals surface area contributed by atoms with Crippen LogP contribution in [0.15, 0.2) is 58.8 Å². The third kappa shape index (κ3) is 2.93. The molecular formula is C19H19NO2. The zero-order chi connectivity index (χ0) is 15.7. The summed E-state index contributed by atoms with van der Waals surface area (Å²) in [5, 5.41) is 12.3. The highest BCUT2D eigenvalue weighted by Crippen LogP contribution is 2.35. The average Bonchev–Trinajstić information content (AvgIpc) is 2.45. The highest BCUT2D eigenvalue weighted by Gasteiger charge is 2.32. The SMILES string of the molecule is CC1(C)CC(=O)C(C=Nc2ccc3ccccc3c2)=C(O)C1. The number of aliphatic imine (C=N–C) groups is 1. The molecule has 0 saturated carbocycles. The van der Waals surface area contributed by atoms with E-state index in [4.69, 9.17) is 0 Å². The number of carbonyl (C=O) groups is 1. The van der Waals surface area contributed by atoms with Crippen molar-refractivity contribution < 1.29 is 9.90 Å². The largest absolute Gasteiger partial charge is 0.511 e. The molecule has 0 saturated heterocycles. The number of aliphatic hydroxyl groups excluding tert-OH is 1. The van der Waals surface area contributed by atoms with Crippen LogP contribution < -0.4 is 0 Å². The van der Waals surface area contributed by atoms with Gasteiger partial charge in [0.25, 0.3) is 0 Å². The van der Waals surface area contributed by atoms with Gasteiger partial charge in [0.05, 0.1) is 11.3 Å². The van der Waals surface area contributed by atoms with E-state index in [1.54, 1.807) is 0 Å². The van der Waals surface area contributed by atoms with Crippen molar-refractivity contribution in [2.24, 2.45) is 10.4 Å². The van der Waals surface area contributed by atoms with Crippen LogP contribution in [-0.4, -0.2) is 17.1 Å². The molecule has 1 N–H and O–H groups in total. The van der Waals surface area contributed by atoms with Gasteiger partial charge in [-0.15, -0.1) is 0 Å². The highest BCUT2D eigenvalue weighted by atomic mass is 16.3. The van der Waals surface area contributed by atoms with Crippen LogP contribution in [0, 0.1) is 5.41 Å². The zero-order valence-corrected chi connectivity index (χ0v) is 12.8. The van der Waals surface area contributed by atoms with Crippen LogP contribution in [0.1, 0.15) is 26.7 Å². The lowest BCUT2D eigenvalue weighted by Gasteiger charge is -2.28. The zero-order valence-electron chi connectivity index (χ0n) is 12.8. The number of aliphatic hydroxyl groups is 1. The molecule has 0 aromatic heterocycles. The predicted octanol–water partition coefficient (Wildman–Crippen LogP) is 4.74. The molecule has 112 valence electrons. The van der Waals surface area contributed by atoms with Gasteiger partial charge in [-0.3, -0.25) is 9.79 Å². The van der Waals surface area contributed by atoms with E-state index in [1.807, 2.05) is 56.3 Å². The molecule has 0 bridgehead atoms. The Morgan fingerprint density at radius 1 is 1.09 bits per heavy atom. The van der Waals surface area contributed by atoms with Crippen molar-refractivity contribution in [3.05, 3.63) is 53.8 Å². The standard InChI is InChI=1S/C19H19NO2/c1-19(2)10-17(21)16(18(22)11-19)12-20-15-8-7-13-5-3-4-6-14(13)9-15/h3-9,12,21H,10-11H2,1-2H3. The molecule has 0 unspecified atom stereocenters. The first-order valence-electron chi connectivity index (χ1n) is 7.43. The molecule has 22 heavy (non-hydrogen) atoms. The van der Waals surface area contributed by atoms with Crippen molar-refractivity contribution in [2.75, 3.05) is 0 Å². The van der Waals surface area contributed by atoms with Crippen molar-refractivity contribution in [3.8, 4) is 0 Å². The third-order valence-corrected chi connectivity index (χ3v) is 3.97. The van der Waals surface area contributed by atoms with Gasteiger partial charge in [0.2, 0.25) is 0 Å². The maximum absolute atomic E-state index is 12.1. The van der Waals surface area contributed by atoms with Crippen molar-refractivity contribution in [2.45, 2.75) is 26.7 Å². The second-order valence-corrected chi connectivity index (χ2v) is 6.59. The van der Waals surface area contributed by atoms with Gasteiger partial charge < -0.3 is 5.11 Å². The number of benzene rings is 2. The van der Waals surface area contributed by atoms with E-state index in [0.717, 1.165) is 16.5 Å². The van der Waals surface area contributed by atoms with Crippen molar-refractivity contribution >= 4 is 28.5 Å². The van der Waals surface area contributed by atoms with Crippen molar-refractivity contribution in [1.82, 2.24) is 0 Å². The van der Waals surface area contributed by atoms with E-state index in [1.165, 1.54) is 6.21 Å². The quantitative estimate of drug-likeness (QED) is 0.813. The molecule has 2 aromatic rings. The summed E-state index contributed by atoms with van der Waals surface area (Å²) in [6.45, 7) is 3.97. The van der Waals surface area contributed by atoms with Crippen LogP contribution in [0.3, 0.4) is 0 Å². The monoisotopic (exact) mass is 293 g/mol. The number of allylic oxidation sites excluding steroid dienone is 2. The minimum atomic E-state index is -0.179. The molecule has 0 spiro atoms. The molecule has 1 aliphatic rings. The second kappa shape index (κ2) is 5.41. The Labute approximate surface area is 130 Å². The normalized spacial score (nSPS) is 18.4. The molecule has 2 aromatic carbocycles. The number of rotatable bonds is 2. The Balaban J connectivity index is 1.90. The lowest BCUT2D eigenvalue weighted by Crippen LogP contribution is -2.26. The Hall–Kier alpha value is -2.42. The van der Waals surface area contributed by atoms with Crippen molar-refractivity contribution in [1.29, 1.82) is 0 Å². The lowest BCUT2D eigenvalue weighted by atomic mass is 9.77. The Morgan fingerprint density at radius 3 is 2.55 bits per heavy atom. The number of ketones is 1. The summed E-state index contributed by atoms with van der Waals surface area (Å²) in [5.41, 5.74) is 0.936. The van der Waals surface area contributed by atoms with E-state index >= 15 is 0 Å². The molecule has 0 atom stereocenters. The molecule has 0 amide bonds. The first-order valence-corrected chi connectivity index (χ1v) is 7.43. The molecule has 0 aliphatic heterocycles. The van der Waals surface area contributed by atoms with E-state index in [9.17, 15) is 9.90 Å². The van der Waals surface area contributed by atoms with Gasteiger partial charge in [-0.1, -0.05) is 44.2 Å². The van der Waals surface area contributed by atoms with Crippen LogP contribution >= 0.6 is 0 Å². The maximum atomic E-state index is 12.1. The van der Waals surface area contributed by atoms with Gasteiger partial charge in [0.15, 0.2) is 5.78 Å². The molecule has 1 aliphatic carbocycles. The number of hydrogen-bond acceptors (Lipinski definition) is 3. The molecule has 3 rings (SSSR count). The molecule has 3 nitrogen and oxygen atoms in total. The lowest BCUT2D eigenvalue weighted by molar-refractivity contribution is -0.117. The van der Waals surface area contributed by atoms with Crippen LogP contribution in [-0.2, 0) is 4.79 Å². The van der Waals surface area contributed by atoms with Crippen LogP contribution in [0.5, 0.6) is 0 Å². The number of fused-ring (bicyclic) bond motifs is 1. The average molecular weight is 293 g/mol.